The van der Waals surface area contributed by atoms with Crippen molar-refractivity contribution in [1.29, 1.82) is 0 Å². The van der Waals surface area contributed by atoms with E-state index >= 15 is 0 Å². The monoisotopic (exact) mass is 407 g/mol. The van der Waals surface area contributed by atoms with Crippen LogP contribution in [0, 0.1) is 0 Å². The number of ether oxygens (including phenoxy) is 1. The quantitative estimate of drug-likeness (QED) is 0.660. The molecule has 0 spiro atoms. The molecule has 2 saturated heterocycles. The molecule has 0 saturated carbocycles. The van der Waals surface area contributed by atoms with Crippen LogP contribution in [0.4, 0.5) is 5.82 Å². The summed E-state index contributed by atoms with van der Waals surface area (Å²) in [6.45, 7) is 11.7. The minimum atomic E-state index is -1.09. The lowest BCUT2D eigenvalue weighted by Crippen LogP contribution is -2.54. The van der Waals surface area contributed by atoms with Gasteiger partial charge in [0.25, 0.3) is 0 Å². The van der Waals surface area contributed by atoms with Crippen LogP contribution in [0.15, 0.2) is 53.5 Å². The van der Waals surface area contributed by atoms with Crippen molar-refractivity contribution in [2.45, 2.75) is 38.1 Å². The van der Waals surface area contributed by atoms with Gasteiger partial charge in [-0.15, -0.1) is 0 Å². The molecule has 2 aliphatic rings. The zero-order valence-corrected chi connectivity index (χ0v) is 17.4. The van der Waals surface area contributed by atoms with Gasteiger partial charge in [0.1, 0.15) is 23.6 Å². The summed E-state index contributed by atoms with van der Waals surface area (Å²) in [7, 11) is 0. The highest BCUT2D eigenvalue weighted by atomic mass is 16.6. The predicted octanol–water partition coefficient (Wildman–Crippen LogP) is 2.75. The number of pyridine rings is 1. The number of hydrogen-bond acceptors (Lipinski definition) is 8. The summed E-state index contributed by atoms with van der Waals surface area (Å²) in [5.74, 6) is 1.95. The summed E-state index contributed by atoms with van der Waals surface area (Å²) in [6.07, 6.45) is 5.20. The lowest BCUT2D eigenvalue weighted by molar-refractivity contribution is 0.0502. The number of aliphatic hydroxyl groups is 1. The van der Waals surface area contributed by atoms with Crippen molar-refractivity contribution >= 4 is 16.8 Å². The third kappa shape index (κ3) is 3.03. The number of aromatic nitrogens is 3. The first kappa shape index (κ1) is 19.0. The topological polar surface area (TPSA) is 91.0 Å². The maximum absolute atomic E-state index is 10.3. The lowest BCUT2D eigenvalue weighted by Gasteiger charge is -2.45. The molecular weight excluding hydrogens is 382 g/mol. The molecule has 0 amide bonds. The Bertz CT molecular complexity index is 1080. The minimum absolute atomic E-state index is 0.112. The van der Waals surface area contributed by atoms with E-state index in [1.165, 1.54) is 0 Å². The van der Waals surface area contributed by atoms with Gasteiger partial charge in [0.05, 0.1) is 6.54 Å². The predicted molar refractivity (Wildman–Crippen MR) is 112 cm³/mol. The molecule has 8 nitrogen and oxygen atoms in total. The van der Waals surface area contributed by atoms with E-state index in [4.69, 9.17) is 9.15 Å². The fourth-order valence-electron chi connectivity index (χ4n) is 4.22. The Kier molecular flexibility index (Phi) is 4.13. The molecule has 0 aliphatic carbocycles. The SMILES string of the molecule is C=C1CN(c2ccnc(C(C)(C)O)n2)C[C@@H](C)N1C1(c2cc3cnccc3o2)CO1. The van der Waals surface area contributed by atoms with Crippen LogP contribution in [0.25, 0.3) is 11.0 Å². The molecule has 30 heavy (non-hydrogen) atoms. The first-order valence-corrected chi connectivity index (χ1v) is 10.0. The van der Waals surface area contributed by atoms with Crippen LogP contribution in [0.1, 0.15) is 32.4 Å². The molecule has 3 aromatic rings. The maximum atomic E-state index is 10.3. The molecule has 2 aliphatic heterocycles. The maximum Gasteiger partial charge on any atom is 0.224 e. The number of furan rings is 1. The molecular formula is C22H25N5O3. The Hall–Kier alpha value is -2.97. The number of rotatable bonds is 4. The van der Waals surface area contributed by atoms with E-state index in [-0.39, 0.29) is 6.04 Å². The van der Waals surface area contributed by atoms with Gasteiger partial charge in [-0.25, -0.2) is 9.97 Å². The van der Waals surface area contributed by atoms with Crippen LogP contribution in [0.2, 0.25) is 0 Å². The van der Waals surface area contributed by atoms with Crippen molar-refractivity contribution < 1.29 is 14.3 Å². The van der Waals surface area contributed by atoms with Crippen LogP contribution in [-0.2, 0) is 16.1 Å². The number of hydrogen-bond donors (Lipinski definition) is 1. The Balaban J connectivity index is 1.42. The van der Waals surface area contributed by atoms with Gasteiger partial charge in [0, 0.05) is 42.3 Å². The minimum Gasteiger partial charge on any atom is -0.456 e. The standard InChI is InChI=1S/C22H25N5O3/c1-14-11-26(19-6-8-24-20(25-19)21(3,4)28)12-15(2)27(14)22(13-29-22)18-9-16-10-23-7-5-17(16)30-18/h5-10,15,28H,1,11-13H2,2-4H3/t15-,22?/m1/s1. The van der Waals surface area contributed by atoms with Gasteiger partial charge < -0.3 is 24.1 Å². The summed E-state index contributed by atoms with van der Waals surface area (Å²) in [5.41, 5.74) is 0.00814. The molecule has 1 N–H and O–H groups in total. The summed E-state index contributed by atoms with van der Waals surface area (Å²) >= 11 is 0. The molecule has 156 valence electrons. The average Bonchev–Trinajstić information content (AvgIpc) is 3.37. The second-order valence-corrected chi connectivity index (χ2v) is 8.56. The fourth-order valence-corrected chi connectivity index (χ4v) is 4.22. The number of piperazine rings is 1. The molecule has 5 rings (SSSR count). The summed E-state index contributed by atoms with van der Waals surface area (Å²) in [4.78, 5) is 17.3. The Labute approximate surface area is 174 Å². The zero-order chi connectivity index (χ0) is 21.1. The number of epoxide rings is 1. The summed E-state index contributed by atoms with van der Waals surface area (Å²) in [6, 6.07) is 5.84. The average molecular weight is 407 g/mol. The molecule has 0 bridgehead atoms. The van der Waals surface area contributed by atoms with E-state index in [0.29, 0.717) is 19.0 Å². The fraction of sp³-hybridized carbons (Fsp3) is 0.409. The largest absolute Gasteiger partial charge is 0.456 e. The van der Waals surface area contributed by atoms with Gasteiger partial charge in [-0.05, 0) is 39.0 Å². The van der Waals surface area contributed by atoms with E-state index in [2.05, 4.69) is 38.3 Å². The number of nitrogens with zero attached hydrogens (tertiary/aromatic N) is 5. The van der Waals surface area contributed by atoms with E-state index in [9.17, 15) is 5.11 Å². The van der Waals surface area contributed by atoms with Crippen molar-refractivity contribution in [3.8, 4) is 0 Å². The smallest absolute Gasteiger partial charge is 0.224 e. The molecule has 5 heterocycles. The first-order chi connectivity index (χ1) is 14.3. The van der Waals surface area contributed by atoms with Gasteiger partial charge in [-0.2, -0.15) is 0 Å². The Morgan fingerprint density at radius 3 is 2.77 bits per heavy atom. The number of fused-ring (bicyclic) bond motifs is 1. The lowest BCUT2D eigenvalue weighted by atomic mass is 10.1. The van der Waals surface area contributed by atoms with Crippen molar-refractivity contribution in [3.05, 3.63) is 60.7 Å². The normalized spacial score (nSPS) is 24.5. The van der Waals surface area contributed by atoms with Crippen molar-refractivity contribution in [1.82, 2.24) is 19.9 Å². The van der Waals surface area contributed by atoms with Crippen LogP contribution in [0.5, 0.6) is 0 Å². The molecule has 2 atom stereocenters. The molecule has 8 heteroatoms. The van der Waals surface area contributed by atoms with Crippen LogP contribution in [0.3, 0.4) is 0 Å². The highest BCUT2D eigenvalue weighted by Gasteiger charge is 2.57. The Morgan fingerprint density at radius 1 is 1.30 bits per heavy atom. The second kappa shape index (κ2) is 6.52. The summed E-state index contributed by atoms with van der Waals surface area (Å²) in [5, 5.41) is 11.2. The highest BCUT2D eigenvalue weighted by molar-refractivity contribution is 5.76. The second-order valence-electron chi connectivity index (χ2n) is 8.56. The molecule has 1 unspecified atom stereocenters. The van der Waals surface area contributed by atoms with Crippen LogP contribution in [-0.4, -0.2) is 50.7 Å². The van der Waals surface area contributed by atoms with Gasteiger partial charge in [-0.3, -0.25) is 4.98 Å². The third-order valence-electron chi connectivity index (χ3n) is 5.66. The number of anilines is 1. The van der Waals surface area contributed by atoms with Gasteiger partial charge in [0.2, 0.25) is 5.72 Å². The van der Waals surface area contributed by atoms with E-state index in [1.807, 2.05) is 18.2 Å². The van der Waals surface area contributed by atoms with Gasteiger partial charge >= 0.3 is 0 Å². The molecule has 3 aromatic heterocycles. The first-order valence-electron chi connectivity index (χ1n) is 10.0. The van der Waals surface area contributed by atoms with E-state index < -0.39 is 11.3 Å². The van der Waals surface area contributed by atoms with Crippen molar-refractivity contribution in [2.24, 2.45) is 0 Å². The van der Waals surface area contributed by atoms with Crippen molar-refractivity contribution in [3.63, 3.8) is 0 Å². The summed E-state index contributed by atoms with van der Waals surface area (Å²) < 4.78 is 12.1. The van der Waals surface area contributed by atoms with Crippen LogP contribution < -0.4 is 4.90 Å². The molecule has 0 radical (unpaired) electrons. The van der Waals surface area contributed by atoms with Gasteiger partial charge in [0.15, 0.2) is 11.6 Å². The third-order valence-corrected chi connectivity index (χ3v) is 5.66. The molecule has 0 aromatic carbocycles. The van der Waals surface area contributed by atoms with E-state index in [1.54, 1.807) is 32.4 Å². The van der Waals surface area contributed by atoms with Crippen LogP contribution >= 0.6 is 0 Å². The zero-order valence-electron chi connectivity index (χ0n) is 17.4. The highest BCUT2D eigenvalue weighted by Crippen LogP contribution is 2.48. The van der Waals surface area contributed by atoms with Gasteiger partial charge in [-0.1, -0.05) is 6.58 Å². The van der Waals surface area contributed by atoms with Crippen molar-refractivity contribution in [2.75, 3.05) is 24.6 Å². The molecule has 2 fully saturated rings. The van der Waals surface area contributed by atoms with E-state index in [0.717, 1.165) is 34.8 Å². The Morgan fingerprint density at radius 2 is 2.10 bits per heavy atom.